The van der Waals surface area contributed by atoms with Crippen molar-refractivity contribution >= 4 is 39.9 Å². The molecule has 8 heteroatoms. The SMILES string of the molecule is COc1ccccc1N1C(=O)C(O)=C(C(=O)c2cc3cc(Cl)ccc3o2)C1c1ccncc1. The van der Waals surface area contributed by atoms with E-state index in [1.165, 1.54) is 12.0 Å². The van der Waals surface area contributed by atoms with Gasteiger partial charge in [0.15, 0.2) is 11.5 Å². The fourth-order valence-electron chi connectivity index (χ4n) is 4.03. The van der Waals surface area contributed by atoms with Crippen molar-refractivity contribution in [2.24, 2.45) is 0 Å². The number of amides is 1. The number of pyridine rings is 1. The first-order chi connectivity index (χ1) is 16.0. The summed E-state index contributed by atoms with van der Waals surface area (Å²) in [7, 11) is 1.49. The fraction of sp³-hybridized carbons (Fsp3) is 0.0800. The Balaban J connectivity index is 1.67. The minimum absolute atomic E-state index is 0.0115. The molecule has 4 aromatic rings. The Hall–Kier alpha value is -4.10. The van der Waals surface area contributed by atoms with Crippen molar-refractivity contribution in [2.45, 2.75) is 6.04 Å². The van der Waals surface area contributed by atoms with Crippen molar-refractivity contribution in [3.05, 3.63) is 101 Å². The maximum Gasteiger partial charge on any atom is 0.294 e. The topological polar surface area (TPSA) is 92.9 Å². The van der Waals surface area contributed by atoms with Crippen LogP contribution in [0.1, 0.15) is 22.2 Å². The first-order valence-corrected chi connectivity index (χ1v) is 10.4. The Labute approximate surface area is 193 Å². The number of aromatic nitrogens is 1. The van der Waals surface area contributed by atoms with E-state index in [0.29, 0.717) is 33.0 Å². The van der Waals surface area contributed by atoms with Crippen molar-refractivity contribution in [1.82, 2.24) is 4.98 Å². The number of carbonyl (C=O) groups is 2. The molecule has 0 radical (unpaired) electrons. The zero-order chi connectivity index (χ0) is 23.1. The normalized spacial score (nSPS) is 16.0. The molecule has 7 nitrogen and oxygen atoms in total. The van der Waals surface area contributed by atoms with E-state index in [0.717, 1.165) is 0 Å². The van der Waals surface area contributed by atoms with Crippen LogP contribution >= 0.6 is 11.6 Å². The summed E-state index contributed by atoms with van der Waals surface area (Å²) in [4.78, 5) is 32.2. The number of halogens is 1. The number of fused-ring (bicyclic) bond motifs is 1. The van der Waals surface area contributed by atoms with Gasteiger partial charge in [-0.1, -0.05) is 23.7 Å². The molecule has 0 saturated heterocycles. The molecule has 1 amide bonds. The molecule has 1 N–H and O–H groups in total. The van der Waals surface area contributed by atoms with Crippen LogP contribution in [-0.2, 0) is 4.79 Å². The van der Waals surface area contributed by atoms with E-state index in [1.807, 2.05) is 0 Å². The van der Waals surface area contributed by atoms with Gasteiger partial charge in [0.2, 0.25) is 5.78 Å². The number of carbonyl (C=O) groups excluding carboxylic acids is 2. The number of methoxy groups -OCH3 is 1. The molecule has 164 valence electrons. The fourth-order valence-corrected chi connectivity index (χ4v) is 4.22. The minimum atomic E-state index is -0.916. The number of benzene rings is 2. The van der Waals surface area contributed by atoms with Crippen LogP contribution in [0.15, 0.2) is 88.8 Å². The second-order valence-electron chi connectivity index (χ2n) is 7.41. The predicted molar refractivity (Wildman–Crippen MR) is 123 cm³/mol. The standard InChI is InChI=1S/C25H17ClN2O5/c1-32-19-5-3-2-4-17(19)28-22(14-8-10-27-11-9-14)21(24(30)25(28)31)23(29)20-13-15-12-16(26)6-7-18(15)33-20/h2-13,22,30H,1H3. The summed E-state index contributed by atoms with van der Waals surface area (Å²) in [6.07, 6.45) is 3.11. The molecule has 0 bridgehead atoms. The number of aliphatic hydroxyl groups is 1. The highest BCUT2D eigenvalue weighted by Gasteiger charge is 2.46. The summed E-state index contributed by atoms with van der Waals surface area (Å²) in [6.45, 7) is 0. The van der Waals surface area contributed by atoms with Gasteiger partial charge in [-0.2, -0.15) is 0 Å². The van der Waals surface area contributed by atoms with Gasteiger partial charge in [0.1, 0.15) is 11.3 Å². The number of para-hydroxylation sites is 2. The molecule has 1 atom stereocenters. The third-order valence-electron chi connectivity index (χ3n) is 5.52. The number of Topliss-reactive ketones (excluding diaryl/α,β-unsaturated/α-hetero) is 1. The van der Waals surface area contributed by atoms with Crippen molar-refractivity contribution < 1.29 is 23.8 Å². The van der Waals surface area contributed by atoms with E-state index in [2.05, 4.69) is 4.98 Å². The molecular formula is C25H17ClN2O5. The van der Waals surface area contributed by atoms with Gasteiger partial charge in [0, 0.05) is 22.8 Å². The molecule has 1 aliphatic rings. The van der Waals surface area contributed by atoms with Crippen molar-refractivity contribution in [3.63, 3.8) is 0 Å². The van der Waals surface area contributed by atoms with Gasteiger partial charge in [-0.15, -0.1) is 0 Å². The van der Waals surface area contributed by atoms with E-state index in [9.17, 15) is 14.7 Å². The summed E-state index contributed by atoms with van der Waals surface area (Å²) in [5.41, 5.74) is 1.38. The highest BCUT2D eigenvalue weighted by atomic mass is 35.5. The largest absolute Gasteiger partial charge is 0.503 e. The first-order valence-electron chi connectivity index (χ1n) is 10.0. The molecule has 0 saturated carbocycles. The van der Waals surface area contributed by atoms with Crippen LogP contribution in [-0.4, -0.2) is 28.9 Å². The zero-order valence-corrected chi connectivity index (χ0v) is 18.1. The number of nitrogens with zero attached hydrogens (tertiary/aromatic N) is 2. The predicted octanol–water partition coefficient (Wildman–Crippen LogP) is 5.27. The third-order valence-corrected chi connectivity index (χ3v) is 5.76. The molecular weight excluding hydrogens is 444 g/mol. The van der Waals surface area contributed by atoms with Gasteiger partial charge in [-0.05, 0) is 54.1 Å². The summed E-state index contributed by atoms with van der Waals surface area (Å²) in [5.74, 6) is -1.56. The van der Waals surface area contributed by atoms with Crippen LogP contribution in [0.5, 0.6) is 5.75 Å². The average molecular weight is 461 g/mol. The van der Waals surface area contributed by atoms with Gasteiger partial charge in [-0.25, -0.2) is 0 Å². The van der Waals surface area contributed by atoms with Crippen LogP contribution in [0, 0.1) is 0 Å². The molecule has 1 aliphatic heterocycles. The van der Waals surface area contributed by atoms with Crippen LogP contribution in [0.4, 0.5) is 5.69 Å². The number of rotatable bonds is 5. The van der Waals surface area contributed by atoms with E-state index in [4.69, 9.17) is 20.8 Å². The lowest BCUT2D eigenvalue weighted by Crippen LogP contribution is -2.31. The number of hydrogen-bond acceptors (Lipinski definition) is 6. The number of furan rings is 1. The number of anilines is 1. The second kappa shape index (κ2) is 8.11. The molecule has 2 aromatic carbocycles. The van der Waals surface area contributed by atoms with Gasteiger partial charge in [-0.3, -0.25) is 19.5 Å². The molecule has 3 heterocycles. The number of ether oxygens (including phenoxy) is 1. The highest BCUT2D eigenvalue weighted by Crippen LogP contribution is 2.44. The molecule has 2 aromatic heterocycles. The smallest absolute Gasteiger partial charge is 0.294 e. The lowest BCUT2D eigenvalue weighted by Gasteiger charge is -2.27. The van der Waals surface area contributed by atoms with Gasteiger partial charge in [0.25, 0.3) is 5.91 Å². The summed E-state index contributed by atoms with van der Waals surface area (Å²) < 4.78 is 11.2. The second-order valence-corrected chi connectivity index (χ2v) is 7.85. The first kappa shape index (κ1) is 20.8. The number of hydrogen-bond donors (Lipinski definition) is 1. The Morgan fingerprint density at radius 1 is 1.12 bits per heavy atom. The van der Waals surface area contributed by atoms with E-state index < -0.39 is 23.5 Å². The van der Waals surface area contributed by atoms with Crippen LogP contribution in [0.2, 0.25) is 5.02 Å². The summed E-state index contributed by atoms with van der Waals surface area (Å²) >= 11 is 6.05. The van der Waals surface area contributed by atoms with Crippen LogP contribution < -0.4 is 9.64 Å². The lowest BCUT2D eigenvalue weighted by atomic mass is 9.95. The van der Waals surface area contributed by atoms with Crippen molar-refractivity contribution in [2.75, 3.05) is 12.0 Å². The maximum atomic E-state index is 13.6. The molecule has 0 aliphatic carbocycles. The molecule has 33 heavy (non-hydrogen) atoms. The third kappa shape index (κ3) is 3.43. The van der Waals surface area contributed by atoms with E-state index in [1.54, 1.807) is 73.1 Å². The van der Waals surface area contributed by atoms with Crippen molar-refractivity contribution in [1.29, 1.82) is 0 Å². The van der Waals surface area contributed by atoms with Crippen LogP contribution in [0.3, 0.4) is 0 Å². The Morgan fingerprint density at radius 3 is 2.64 bits per heavy atom. The van der Waals surface area contributed by atoms with E-state index >= 15 is 0 Å². The molecule has 0 spiro atoms. The Bertz CT molecular complexity index is 1430. The van der Waals surface area contributed by atoms with Gasteiger partial charge < -0.3 is 14.3 Å². The summed E-state index contributed by atoms with van der Waals surface area (Å²) in [6, 6.07) is 15.9. The van der Waals surface area contributed by atoms with Gasteiger partial charge in [0.05, 0.1) is 24.4 Å². The Kier molecular flexibility index (Phi) is 5.11. The lowest BCUT2D eigenvalue weighted by molar-refractivity contribution is -0.117. The zero-order valence-electron chi connectivity index (χ0n) is 17.4. The quantitative estimate of drug-likeness (QED) is 0.408. The molecule has 5 rings (SSSR count). The molecule has 0 fully saturated rings. The monoisotopic (exact) mass is 460 g/mol. The highest BCUT2D eigenvalue weighted by molar-refractivity contribution is 6.31. The van der Waals surface area contributed by atoms with Gasteiger partial charge >= 0.3 is 0 Å². The number of ketones is 1. The molecule has 1 unspecified atom stereocenters. The number of aliphatic hydroxyl groups excluding tert-OH is 1. The average Bonchev–Trinajstić information content (AvgIpc) is 3.37. The van der Waals surface area contributed by atoms with Crippen LogP contribution in [0.25, 0.3) is 11.0 Å². The Morgan fingerprint density at radius 2 is 1.88 bits per heavy atom. The van der Waals surface area contributed by atoms with E-state index in [-0.39, 0.29) is 11.3 Å². The van der Waals surface area contributed by atoms with Crippen molar-refractivity contribution in [3.8, 4) is 5.75 Å². The maximum absolute atomic E-state index is 13.6. The minimum Gasteiger partial charge on any atom is -0.503 e. The summed E-state index contributed by atoms with van der Waals surface area (Å²) in [5, 5.41) is 12.0.